The number of hydrogen-bond donors (Lipinski definition) is 2. The number of ether oxygens (including phenoxy) is 3. The van der Waals surface area contributed by atoms with Crippen LogP contribution in [0.15, 0.2) is 85.1 Å². The van der Waals surface area contributed by atoms with Crippen LogP contribution in [0.1, 0.15) is 98.8 Å². The second kappa shape index (κ2) is 14.9. The highest BCUT2D eigenvalue weighted by atomic mass is 35.5. The van der Waals surface area contributed by atoms with E-state index in [0.29, 0.717) is 48.8 Å². The number of halogens is 1. The summed E-state index contributed by atoms with van der Waals surface area (Å²) < 4.78 is 18.4. The lowest BCUT2D eigenvalue weighted by atomic mass is 9.59. The normalized spacial score (nSPS) is 25.6. The Labute approximate surface area is 306 Å². The van der Waals surface area contributed by atoms with E-state index in [1.807, 2.05) is 60.8 Å². The zero-order valence-corrected chi connectivity index (χ0v) is 30.6. The summed E-state index contributed by atoms with van der Waals surface area (Å²) in [6.45, 7) is 5.65. The molecular weight excluding hydrogens is 660 g/mol. The van der Waals surface area contributed by atoms with Gasteiger partial charge in [0.25, 0.3) is 0 Å². The molecule has 0 amide bonds. The average Bonchev–Trinajstić information content (AvgIpc) is 3.66. The van der Waals surface area contributed by atoms with E-state index < -0.39 is 11.5 Å². The van der Waals surface area contributed by atoms with Crippen molar-refractivity contribution in [3.63, 3.8) is 0 Å². The zero-order valence-electron chi connectivity index (χ0n) is 29.9. The van der Waals surface area contributed by atoms with Crippen molar-refractivity contribution < 1.29 is 24.1 Å². The van der Waals surface area contributed by atoms with E-state index in [9.17, 15) is 9.90 Å². The third kappa shape index (κ3) is 7.07. The van der Waals surface area contributed by atoms with Gasteiger partial charge in [-0.25, -0.2) is 4.79 Å². The molecule has 1 heterocycles. The van der Waals surface area contributed by atoms with Gasteiger partial charge in [0.2, 0.25) is 0 Å². The van der Waals surface area contributed by atoms with Gasteiger partial charge in [0.05, 0.1) is 26.0 Å². The molecule has 268 valence electrons. The lowest BCUT2D eigenvalue weighted by Gasteiger charge is -2.47. The topological polar surface area (TPSA) is 89.9 Å². The maximum absolute atomic E-state index is 12.8. The van der Waals surface area contributed by atoms with Crippen LogP contribution in [0.4, 0.5) is 5.69 Å². The summed E-state index contributed by atoms with van der Waals surface area (Å²) in [5, 5.41) is 14.5. The van der Waals surface area contributed by atoms with E-state index in [2.05, 4.69) is 43.4 Å². The van der Waals surface area contributed by atoms with Gasteiger partial charge < -0.3 is 24.6 Å². The number of fused-ring (bicyclic) bond motifs is 3. The molecule has 3 aliphatic rings. The molecule has 1 fully saturated rings. The fraction of sp³-hybridized carbons (Fsp3) is 0.442. The smallest absolute Gasteiger partial charge is 0.329 e. The Balaban J connectivity index is 1.03. The first kappa shape index (κ1) is 35.3. The van der Waals surface area contributed by atoms with Gasteiger partial charge in [-0.05, 0) is 128 Å². The molecule has 51 heavy (non-hydrogen) atoms. The van der Waals surface area contributed by atoms with Crippen molar-refractivity contribution in [2.24, 2.45) is 11.8 Å². The number of aromatic nitrogens is 1. The van der Waals surface area contributed by atoms with Crippen LogP contribution in [0.3, 0.4) is 0 Å². The average molecular weight is 709 g/mol. The van der Waals surface area contributed by atoms with Gasteiger partial charge in [-0.15, -0.1) is 0 Å². The third-order valence-electron chi connectivity index (χ3n) is 11.9. The van der Waals surface area contributed by atoms with E-state index >= 15 is 0 Å². The van der Waals surface area contributed by atoms with Crippen LogP contribution in [0, 0.1) is 11.8 Å². The number of nitrogens with zero attached hydrogens (tertiary/aromatic N) is 1. The molecule has 1 aromatic heterocycles. The highest BCUT2D eigenvalue weighted by molar-refractivity contribution is 6.30. The molecule has 0 saturated heterocycles. The maximum atomic E-state index is 12.8. The lowest BCUT2D eigenvalue weighted by molar-refractivity contribution is -0.144. The quantitative estimate of drug-likeness (QED) is 0.143. The van der Waals surface area contributed by atoms with Crippen molar-refractivity contribution >= 4 is 23.3 Å². The molecule has 2 N–H and O–H groups in total. The number of methoxy groups -OCH3 is 1. The van der Waals surface area contributed by atoms with Gasteiger partial charge in [-0.2, -0.15) is 0 Å². The number of anilines is 1. The van der Waals surface area contributed by atoms with Crippen molar-refractivity contribution in [2.45, 2.75) is 94.8 Å². The van der Waals surface area contributed by atoms with E-state index in [0.717, 1.165) is 67.0 Å². The van der Waals surface area contributed by atoms with E-state index in [1.54, 1.807) is 7.11 Å². The Hall–Kier alpha value is -4.07. The second-order valence-corrected chi connectivity index (χ2v) is 15.4. The molecule has 1 saturated carbocycles. The highest BCUT2D eigenvalue weighted by Gasteiger charge is 2.54. The number of carboxylic acids is 1. The second-order valence-electron chi connectivity index (χ2n) is 15.0. The van der Waals surface area contributed by atoms with Gasteiger partial charge in [0.1, 0.15) is 23.1 Å². The minimum atomic E-state index is -1.03. The third-order valence-corrected chi connectivity index (χ3v) is 12.2. The molecule has 2 unspecified atom stereocenters. The standard InChI is InChI=1S/C43H49ClN2O5/c1-4-30-24-38(51-27-29-12-14-35(49-3)15-13-29)40-39(30)37(16-21-45-40)50-26-28(2)22-32-23-31-8-5-6-11-36(31)42(32)17-19-43(20-18-42,41(47)48)46-34-10-7-9-33(44)25-34/h5-16,21,25,28,30,32,38,46H,4,17-20,22-24,26-27H2,1-3H3,(H,47,48)/t28-,30?,32+,38?,42?,43?/m1/s1. The van der Waals surface area contributed by atoms with Crippen molar-refractivity contribution in [3.8, 4) is 11.5 Å². The zero-order chi connectivity index (χ0) is 35.6. The van der Waals surface area contributed by atoms with Crippen molar-refractivity contribution in [1.82, 2.24) is 4.98 Å². The summed E-state index contributed by atoms with van der Waals surface area (Å²) in [6.07, 6.45) is 8.44. The molecule has 0 bridgehead atoms. The van der Waals surface area contributed by atoms with Crippen LogP contribution < -0.4 is 14.8 Å². The molecule has 8 heteroatoms. The monoisotopic (exact) mass is 708 g/mol. The Morgan fingerprint density at radius 1 is 1.04 bits per heavy atom. The molecule has 0 radical (unpaired) electrons. The van der Waals surface area contributed by atoms with Crippen LogP contribution >= 0.6 is 11.6 Å². The highest BCUT2D eigenvalue weighted by Crippen LogP contribution is 2.56. The van der Waals surface area contributed by atoms with E-state index in [-0.39, 0.29) is 11.5 Å². The molecule has 4 atom stereocenters. The number of aliphatic carboxylic acids is 1. The minimum absolute atomic E-state index is 0.0561. The molecule has 7 nitrogen and oxygen atoms in total. The predicted octanol–water partition coefficient (Wildman–Crippen LogP) is 9.92. The summed E-state index contributed by atoms with van der Waals surface area (Å²) in [4.78, 5) is 17.6. The molecule has 0 aliphatic heterocycles. The largest absolute Gasteiger partial charge is 0.497 e. The van der Waals surface area contributed by atoms with Gasteiger partial charge in [-0.1, -0.05) is 67.9 Å². The number of carboxylic acid groups (broad SMARTS) is 1. The van der Waals surface area contributed by atoms with Gasteiger partial charge >= 0.3 is 5.97 Å². The molecule has 7 rings (SSSR count). The van der Waals surface area contributed by atoms with Gasteiger partial charge in [-0.3, -0.25) is 4.98 Å². The van der Waals surface area contributed by atoms with Crippen molar-refractivity contribution in [2.75, 3.05) is 19.0 Å². The first-order valence-electron chi connectivity index (χ1n) is 18.4. The Bertz CT molecular complexity index is 1840. The summed E-state index contributed by atoms with van der Waals surface area (Å²) in [5.74, 6) is 2.02. The number of rotatable bonds is 13. The predicted molar refractivity (Wildman–Crippen MR) is 201 cm³/mol. The molecule has 4 aromatic rings. The number of carbonyl (C=O) groups is 1. The van der Waals surface area contributed by atoms with Crippen LogP contribution in [-0.2, 0) is 28.0 Å². The summed E-state index contributed by atoms with van der Waals surface area (Å²) >= 11 is 6.26. The first-order chi connectivity index (χ1) is 24.7. The SMILES string of the molecule is CCC1CC(OCc2ccc(OC)cc2)c2nccc(OC[C@H](C)C[C@H]3Cc4ccccc4C34CCC(Nc3cccc(Cl)c3)(C(=O)O)CC4)c21. The Morgan fingerprint density at radius 3 is 2.55 bits per heavy atom. The molecule has 1 spiro atoms. The van der Waals surface area contributed by atoms with Crippen LogP contribution in [0.25, 0.3) is 0 Å². The fourth-order valence-corrected chi connectivity index (χ4v) is 9.37. The lowest BCUT2D eigenvalue weighted by Crippen LogP contribution is -2.53. The molecule has 3 aromatic carbocycles. The van der Waals surface area contributed by atoms with Crippen LogP contribution in [0.5, 0.6) is 11.5 Å². The van der Waals surface area contributed by atoms with Crippen molar-refractivity contribution in [3.05, 3.63) is 118 Å². The van der Waals surface area contributed by atoms with E-state index in [1.165, 1.54) is 16.7 Å². The van der Waals surface area contributed by atoms with Gasteiger partial charge in [0, 0.05) is 22.5 Å². The minimum Gasteiger partial charge on any atom is -0.497 e. The number of nitrogens with one attached hydrogen (secondary N) is 1. The maximum Gasteiger partial charge on any atom is 0.329 e. The molecule has 3 aliphatic carbocycles. The summed E-state index contributed by atoms with van der Waals surface area (Å²) in [5.41, 5.74) is 5.78. The molecular formula is C43H49ClN2O5. The van der Waals surface area contributed by atoms with Gasteiger partial charge in [0.15, 0.2) is 0 Å². The van der Waals surface area contributed by atoms with Crippen LogP contribution in [-0.4, -0.2) is 35.3 Å². The number of benzene rings is 3. The number of hydrogen-bond acceptors (Lipinski definition) is 6. The number of pyridine rings is 1. The van der Waals surface area contributed by atoms with Crippen LogP contribution in [0.2, 0.25) is 5.02 Å². The van der Waals surface area contributed by atoms with E-state index in [4.69, 9.17) is 30.8 Å². The summed E-state index contributed by atoms with van der Waals surface area (Å²) in [6, 6.07) is 26.2. The first-order valence-corrected chi connectivity index (χ1v) is 18.8. The van der Waals surface area contributed by atoms with Crippen molar-refractivity contribution in [1.29, 1.82) is 0 Å². The fourth-order valence-electron chi connectivity index (χ4n) is 9.18. The Kier molecular flexibility index (Phi) is 10.3. The Morgan fingerprint density at radius 2 is 1.82 bits per heavy atom. The summed E-state index contributed by atoms with van der Waals surface area (Å²) in [7, 11) is 1.67.